The lowest BCUT2D eigenvalue weighted by Crippen LogP contribution is -2.36. The number of nitrogens with zero attached hydrogens (tertiary/aromatic N) is 2. The number of aromatic nitrogens is 2. The minimum Gasteiger partial charge on any atom is -0.235 e. The van der Waals surface area contributed by atoms with E-state index in [0.717, 1.165) is 6.54 Å². The van der Waals surface area contributed by atoms with Crippen molar-refractivity contribution in [2.24, 2.45) is 0 Å². The normalized spacial score (nSPS) is 11.6. The summed E-state index contributed by atoms with van der Waals surface area (Å²) in [5.41, 5.74) is 0. The van der Waals surface area contributed by atoms with Gasteiger partial charge >= 0.3 is 0 Å². The van der Waals surface area contributed by atoms with Crippen LogP contribution in [0.5, 0.6) is 0 Å². The molecule has 25 heavy (non-hydrogen) atoms. The van der Waals surface area contributed by atoms with E-state index in [1.54, 1.807) is 0 Å². The Bertz CT molecular complexity index is 420. The lowest BCUT2D eigenvalue weighted by molar-refractivity contribution is -0.700. The standard InChI is InChI=1S/C23H45N2/c1-5-7-8-9-10-11-12-13-14-15-16-17-18-19-23-24(6-2)20-21-25(23)22(3)4/h20-22H,5-19H2,1-4H3/q+1. The SMILES string of the molecule is CCCCCCCCCCCCCCCc1n(C(C)C)cc[n+]1CC. The zero-order valence-electron chi connectivity index (χ0n) is 17.7. The van der Waals surface area contributed by atoms with Crippen LogP contribution in [0.2, 0.25) is 0 Å². The van der Waals surface area contributed by atoms with Gasteiger partial charge in [-0.2, -0.15) is 0 Å². The third kappa shape index (κ3) is 9.47. The van der Waals surface area contributed by atoms with Crippen molar-refractivity contribution in [3.63, 3.8) is 0 Å². The van der Waals surface area contributed by atoms with E-state index in [-0.39, 0.29) is 0 Å². The van der Waals surface area contributed by atoms with Crippen LogP contribution >= 0.6 is 0 Å². The number of unbranched alkanes of at least 4 members (excludes halogenated alkanes) is 12. The molecule has 1 aromatic heterocycles. The third-order valence-corrected chi connectivity index (χ3v) is 5.44. The molecule has 0 aliphatic rings. The Kier molecular flexibility index (Phi) is 12.8. The van der Waals surface area contributed by atoms with Crippen LogP contribution in [-0.2, 0) is 13.0 Å². The van der Waals surface area contributed by atoms with E-state index in [0.29, 0.717) is 6.04 Å². The summed E-state index contributed by atoms with van der Waals surface area (Å²) in [6.07, 6.45) is 24.3. The first-order valence-corrected chi connectivity index (χ1v) is 11.3. The van der Waals surface area contributed by atoms with Gasteiger partial charge in [0.05, 0.1) is 12.6 Å². The summed E-state index contributed by atoms with van der Waals surface area (Å²) in [5.74, 6) is 1.51. The lowest BCUT2D eigenvalue weighted by Gasteiger charge is -2.07. The molecular formula is C23H45N2+. The summed E-state index contributed by atoms with van der Waals surface area (Å²) in [6.45, 7) is 10.2. The molecule has 0 N–H and O–H groups in total. The summed E-state index contributed by atoms with van der Waals surface area (Å²) in [6, 6.07) is 0.574. The first kappa shape index (κ1) is 22.3. The molecule has 0 amide bonds. The predicted molar refractivity (Wildman–Crippen MR) is 110 cm³/mol. The maximum Gasteiger partial charge on any atom is 0.256 e. The summed E-state index contributed by atoms with van der Waals surface area (Å²) in [4.78, 5) is 0. The van der Waals surface area contributed by atoms with Crippen LogP contribution in [-0.4, -0.2) is 4.57 Å². The van der Waals surface area contributed by atoms with Crippen molar-refractivity contribution in [1.82, 2.24) is 4.57 Å². The molecule has 0 unspecified atom stereocenters. The smallest absolute Gasteiger partial charge is 0.235 e. The molecule has 0 saturated heterocycles. The molecule has 2 heteroatoms. The van der Waals surface area contributed by atoms with Gasteiger partial charge in [0.2, 0.25) is 0 Å². The highest BCUT2D eigenvalue weighted by Crippen LogP contribution is 2.14. The van der Waals surface area contributed by atoms with Crippen LogP contribution < -0.4 is 4.57 Å². The Hall–Kier alpha value is -0.790. The van der Waals surface area contributed by atoms with Gasteiger partial charge in [0, 0.05) is 6.42 Å². The van der Waals surface area contributed by atoms with Crippen LogP contribution in [0.25, 0.3) is 0 Å². The average Bonchev–Trinajstić information content (AvgIpc) is 3.02. The molecule has 1 aromatic rings. The third-order valence-electron chi connectivity index (χ3n) is 5.44. The molecule has 0 atom stereocenters. The van der Waals surface area contributed by atoms with Gasteiger partial charge < -0.3 is 0 Å². The Balaban J connectivity index is 2.00. The van der Waals surface area contributed by atoms with E-state index in [1.807, 2.05) is 0 Å². The summed E-state index contributed by atoms with van der Waals surface area (Å²) >= 11 is 0. The Morgan fingerprint density at radius 1 is 0.760 bits per heavy atom. The Morgan fingerprint density at radius 3 is 1.68 bits per heavy atom. The molecule has 0 aliphatic carbocycles. The number of rotatable bonds is 16. The lowest BCUT2D eigenvalue weighted by atomic mass is 10.0. The largest absolute Gasteiger partial charge is 0.256 e. The molecule has 0 bridgehead atoms. The van der Waals surface area contributed by atoms with Crippen molar-refractivity contribution in [1.29, 1.82) is 0 Å². The molecule has 0 radical (unpaired) electrons. The van der Waals surface area contributed by atoms with E-state index >= 15 is 0 Å². The minimum absolute atomic E-state index is 0.574. The zero-order valence-corrected chi connectivity index (χ0v) is 17.7. The van der Waals surface area contributed by atoms with Gasteiger partial charge in [0.25, 0.3) is 5.82 Å². The fraction of sp³-hybridized carbons (Fsp3) is 0.870. The van der Waals surface area contributed by atoms with Crippen molar-refractivity contribution in [2.45, 2.75) is 130 Å². The highest BCUT2D eigenvalue weighted by molar-refractivity contribution is 4.86. The quantitative estimate of drug-likeness (QED) is 0.224. The van der Waals surface area contributed by atoms with Crippen molar-refractivity contribution in [3.8, 4) is 0 Å². The Morgan fingerprint density at radius 2 is 1.24 bits per heavy atom. The van der Waals surface area contributed by atoms with Crippen LogP contribution in [0.1, 0.15) is 123 Å². The molecule has 0 spiro atoms. The average molecular weight is 350 g/mol. The van der Waals surface area contributed by atoms with Crippen LogP contribution in [0.15, 0.2) is 12.4 Å². The molecular weight excluding hydrogens is 304 g/mol. The number of hydrogen-bond donors (Lipinski definition) is 0. The van der Waals surface area contributed by atoms with Gasteiger partial charge in [-0.15, -0.1) is 0 Å². The monoisotopic (exact) mass is 349 g/mol. The van der Waals surface area contributed by atoms with E-state index in [1.165, 1.54) is 95.7 Å². The molecule has 0 aliphatic heterocycles. The number of hydrogen-bond acceptors (Lipinski definition) is 0. The summed E-state index contributed by atoms with van der Waals surface area (Å²) in [7, 11) is 0. The highest BCUT2D eigenvalue weighted by atomic mass is 15.2. The first-order valence-electron chi connectivity index (χ1n) is 11.3. The summed E-state index contributed by atoms with van der Waals surface area (Å²) in [5, 5.41) is 0. The first-order chi connectivity index (χ1) is 12.2. The molecule has 0 fully saturated rings. The molecule has 1 heterocycles. The van der Waals surface area contributed by atoms with E-state index in [9.17, 15) is 0 Å². The minimum atomic E-state index is 0.574. The van der Waals surface area contributed by atoms with Crippen molar-refractivity contribution in [2.75, 3.05) is 0 Å². The number of imidazole rings is 1. The van der Waals surface area contributed by atoms with Crippen molar-refractivity contribution < 1.29 is 4.57 Å². The van der Waals surface area contributed by atoms with E-state index in [4.69, 9.17) is 0 Å². The fourth-order valence-corrected chi connectivity index (χ4v) is 3.80. The Labute approximate surface area is 158 Å². The predicted octanol–water partition coefficient (Wildman–Crippen LogP) is 7.01. The van der Waals surface area contributed by atoms with Crippen LogP contribution in [0.3, 0.4) is 0 Å². The molecule has 146 valence electrons. The maximum atomic E-state index is 2.45. The second-order valence-electron chi connectivity index (χ2n) is 7.99. The van der Waals surface area contributed by atoms with Gasteiger partial charge in [-0.1, -0.05) is 84.0 Å². The van der Waals surface area contributed by atoms with Crippen molar-refractivity contribution in [3.05, 3.63) is 18.2 Å². The van der Waals surface area contributed by atoms with Gasteiger partial charge in [-0.05, 0) is 27.2 Å². The van der Waals surface area contributed by atoms with E-state index < -0.39 is 0 Å². The molecule has 0 saturated carbocycles. The number of aryl methyl sites for hydroxylation is 1. The van der Waals surface area contributed by atoms with Crippen molar-refractivity contribution >= 4 is 0 Å². The van der Waals surface area contributed by atoms with Gasteiger partial charge in [-0.25, -0.2) is 9.13 Å². The second-order valence-corrected chi connectivity index (χ2v) is 7.99. The fourth-order valence-electron chi connectivity index (χ4n) is 3.80. The molecule has 2 nitrogen and oxygen atoms in total. The van der Waals surface area contributed by atoms with E-state index in [2.05, 4.69) is 49.2 Å². The molecule has 0 aromatic carbocycles. The van der Waals surface area contributed by atoms with Gasteiger partial charge in [0.15, 0.2) is 0 Å². The maximum absolute atomic E-state index is 2.45. The van der Waals surface area contributed by atoms with Gasteiger partial charge in [-0.3, -0.25) is 0 Å². The highest BCUT2D eigenvalue weighted by Gasteiger charge is 2.17. The van der Waals surface area contributed by atoms with Crippen LogP contribution in [0.4, 0.5) is 0 Å². The second kappa shape index (κ2) is 14.4. The topological polar surface area (TPSA) is 8.81 Å². The van der Waals surface area contributed by atoms with Crippen LogP contribution in [0, 0.1) is 0 Å². The summed E-state index contributed by atoms with van der Waals surface area (Å²) < 4.78 is 4.87. The molecule has 1 rings (SSSR count). The van der Waals surface area contributed by atoms with Gasteiger partial charge in [0.1, 0.15) is 12.4 Å². The zero-order chi connectivity index (χ0) is 18.3.